The van der Waals surface area contributed by atoms with Crippen LogP contribution in [-0.4, -0.2) is 69.7 Å². The highest BCUT2D eigenvalue weighted by atomic mass is 19.4. The first-order chi connectivity index (χ1) is 16.4. The van der Waals surface area contributed by atoms with Gasteiger partial charge in [0, 0.05) is 31.5 Å². The summed E-state index contributed by atoms with van der Waals surface area (Å²) in [5, 5.41) is 7.12. The summed E-state index contributed by atoms with van der Waals surface area (Å²) in [5.74, 6) is -2.58. The lowest BCUT2D eigenvalue weighted by Crippen LogP contribution is -2.44. The summed E-state index contributed by atoms with van der Waals surface area (Å²) >= 11 is 0. The molecule has 1 aromatic heterocycles. The molecule has 1 amide bonds. The number of fused-ring (bicyclic) bond motifs is 2. The molecule has 0 spiro atoms. The average Bonchev–Trinajstić information content (AvgIpc) is 2.78. The van der Waals surface area contributed by atoms with Crippen molar-refractivity contribution >= 4 is 11.9 Å². The molecule has 2 aliphatic rings. The van der Waals surface area contributed by atoms with Gasteiger partial charge in [0.2, 0.25) is 0 Å². The summed E-state index contributed by atoms with van der Waals surface area (Å²) in [6, 6.07) is 5.79. The molecule has 1 aromatic carbocycles. The van der Waals surface area contributed by atoms with Gasteiger partial charge < -0.3 is 14.9 Å². The highest BCUT2D eigenvalue weighted by molar-refractivity contribution is 5.94. The molecular formula is C23H26F4N4O4. The van der Waals surface area contributed by atoms with Crippen LogP contribution in [0.3, 0.4) is 0 Å². The van der Waals surface area contributed by atoms with E-state index >= 15 is 0 Å². The molecule has 2 aromatic rings. The number of halogens is 4. The zero-order valence-corrected chi connectivity index (χ0v) is 19.3. The van der Waals surface area contributed by atoms with Gasteiger partial charge in [0.05, 0.1) is 23.8 Å². The van der Waals surface area contributed by atoms with Crippen molar-refractivity contribution in [2.24, 2.45) is 0 Å². The average molecular weight is 498 g/mol. The van der Waals surface area contributed by atoms with E-state index in [0.29, 0.717) is 24.1 Å². The van der Waals surface area contributed by atoms with Gasteiger partial charge in [-0.3, -0.25) is 14.2 Å². The molecule has 0 aliphatic carbocycles. The Morgan fingerprint density at radius 3 is 2.51 bits per heavy atom. The van der Waals surface area contributed by atoms with Crippen LogP contribution in [0.2, 0.25) is 0 Å². The molecule has 1 atom stereocenters. The molecular weight excluding hydrogens is 472 g/mol. The summed E-state index contributed by atoms with van der Waals surface area (Å²) in [6.45, 7) is 1.50. The van der Waals surface area contributed by atoms with Crippen LogP contribution in [0.15, 0.2) is 29.1 Å². The fourth-order valence-corrected chi connectivity index (χ4v) is 4.29. The second-order valence-corrected chi connectivity index (χ2v) is 8.73. The summed E-state index contributed by atoms with van der Waals surface area (Å²) in [5.41, 5.74) is 1.69. The van der Waals surface area contributed by atoms with Gasteiger partial charge in [0.25, 0.3) is 11.5 Å². The van der Waals surface area contributed by atoms with Gasteiger partial charge in [-0.1, -0.05) is 6.07 Å². The third kappa shape index (κ3) is 6.24. The number of aryl methyl sites for hydroxylation is 1. The molecule has 12 heteroatoms. The number of carboxylic acid groups (broad SMARTS) is 1. The number of carbonyl (C=O) groups is 2. The first kappa shape index (κ1) is 26.3. The fourth-order valence-electron chi connectivity index (χ4n) is 4.29. The zero-order chi connectivity index (χ0) is 25.9. The maximum absolute atomic E-state index is 13.5. The van der Waals surface area contributed by atoms with Gasteiger partial charge in [0.1, 0.15) is 11.6 Å². The minimum atomic E-state index is -5.08. The Bertz CT molecular complexity index is 1160. The predicted octanol–water partition coefficient (Wildman–Crippen LogP) is 2.65. The van der Waals surface area contributed by atoms with Crippen molar-refractivity contribution in [2.75, 3.05) is 27.2 Å². The van der Waals surface area contributed by atoms with Crippen LogP contribution in [0.5, 0.6) is 0 Å². The van der Waals surface area contributed by atoms with Crippen molar-refractivity contribution in [3.05, 3.63) is 63.1 Å². The van der Waals surface area contributed by atoms with E-state index in [2.05, 4.69) is 4.90 Å². The molecule has 1 N–H and O–H groups in total. The van der Waals surface area contributed by atoms with E-state index < -0.39 is 18.0 Å². The maximum atomic E-state index is 13.5. The Labute approximate surface area is 198 Å². The molecule has 0 radical (unpaired) electrons. The number of nitrogens with zero attached hydrogens (tertiary/aromatic N) is 4. The van der Waals surface area contributed by atoms with E-state index in [9.17, 15) is 27.2 Å². The van der Waals surface area contributed by atoms with E-state index in [1.165, 1.54) is 18.2 Å². The highest BCUT2D eigenvalue weighted by Gasteiger charge is 2.38. The van der Waals surface area contributed by atoms with Crippen LogP contribution in [-0.2, 0) is 24.2 Å². The van der Waals surface area contributed by atoms with Crippen molar-refractivity contribution in [3.8, 4) is 0 Å². The number of amides is 1. The summed E-state index contributed by atoms with van der Waals surface area (Å²) in [4.78, 5) is 43.5. The quantitative estimate of drug-likeness (QED) is 0.654. The van der Waals surface area contributed by atoms with Crippen LogP contribution in [0, 0.1) is 5.82 Å². The van der Waals surface area contributed by atoms with Gasteiger partial charge in [-0.15, -0.1) is 0 Å². The number of carboxylic acids is 1. The normalized spacial score (nSPS) is 17.2. The monoisotopic (exact) mass is 498 g/mol. The summed E-state index contributed by atoms with van der Waals surface area (Å²) in [6.07, 6.45) is -1.72. The number of benzene rings is 1. The van der Waals surface area contributed by atoms with Crippen molar-refractivity contribution < 1.29 is 32.3 Å². The maximum Gasteiger partial charge on any atom is 0.490 e. The number of hydrogen-bond donors (Lipinski definition) is 1. The van der Waals surface area contributed by atoms with Gasteiger partial charge in [-0.25, -0.2) is 14.2 Å². The molecule has 0 fully saturated rings. The number of likely N-dealkylation sites (N-methyl/N-ethyl adjacent to an activating group) is 1. The van der Waals surface area contributed by atoms with Crippen LogP contribution < -0.4 is 5.56 Å². The van der Waals surface area contributed by atoms with Crippen molar-refractivity contribution in [3.63, 3.8) is 0 Å². The van der Waals surface area contributed by atoms with Crippen LogP contribution in [0.25, 0.3) is 0 Å². The van der Waals surface area contributed by atoms with Crippen molar-refractivity contribution in [1.82, 2.24) is 19.4 Å². The lowest BCUT2D eigenvalue weighted by Gasteiger charge is -2.33. The topological polar surface area (TPSA) is 95.7 Å². The molecule has 3 heterocycles. The molecule has 1 unspecified atom stereocenters. The highest BCUT2D eigenvalue weighted by Crippen LogP contribution is 2.25. The van der Waals surface area contributed by atoms with E-state index in [-0.39, 0.29) is 24.1 Å². The Hall–Kier alpha value is -3.28. The Balaban J connectivity index is 0.000000429. The number of hydrogen-bond acceptors (Lipinski definition) is 5. The zero-order valence-electron chi connectivity index (χ0n) is 19.3. The van der Waals surface area contributed by atoms with Gasteiger partial charge in [-0.2, -0.15) is 13.2 Å². The second kappa shape index (κ2) is 10.5. The number of aromatic nitrogens is 2. The first-order valence-electron chi connectivity index (χ1n) is 11.0. The molecule has 4 rings (SSSR count). The van der Waals surface area contributed by atoms with Crippen molar-refractivity contribution in [1.29, 1.82) is 0 Å². The molecule has 0 saturated heterocycles. The molecule has 2 aliphatic heterocycles. The van der Waals surface area contributed by atoms with Crippen LogP contribution in [0.1, 0.15) is 46.3 Å². The third-order valence-electron chi connectivity index (χ3n) is 5.81. The largest absolute Gasteiger partial charge is 0.490 e. The minimum Gasteiger partial charge on any atom is -0.475 e. The SMILES string of the molecule is CN(C)CC1CCCc2nc3c(c(=O)n21)CN(C(=O)c1cccc(F)c1)CC3.O=C(O)C(F)(F)F. The molecule has 35 heavy (non-hydrogen) atoms. The van der Waals surface area contributed by atoms with Crippen molar-refractivity contribution in [2.45, 2.75) is 44.4 Å². The number of alkyl halides is 3. The third-order valence-corrected chi connectivity index (χ3v) is 5.81. The number of carbonyl (C=O) groups excluding carboxylic acids is 1. The minimum absolute atomic E-state index is 0.0247. The Kier molecular flexibility index (Phi) is 7.93. The smallest absolute Gasteiger partial charge is 0.475 e. The van der Waals surface area contributed by atoms with E-state index in [0.717, 1.165) is 37.3 Å². The number of aliphatic carboxylic acids is 1. The summed E-state index contributed by atoms with van der Waals surface area (Å²) < 4.78 is 47.1. The first-order valence-corrected chi connectivity index (χ1v) is 11.0. The number of rotatable bonds is 3. The standard InChI is InChI=1S/C21H25FN4O2.C2HF3O2/c1-24(2)12-16-7-4-8-19-23-18-9-10-25(13-17(18)21(28)26(16)19)20(27)14-5-3-6-15(22)11-14;3-2(4,5)1(6)7/h3,5-6,11,16H,4,7-10,12-13H2,1-2H3;(H,6,7). The Morgan fingerprint density at radius 2 is 1.91 bits per heavy atom. The Morgan fingerprint density at radius 1 is 1.23 bits per heavy atom. The van der Waals surface area contributed by atoms with Crippen LogP contribution >= 0.6 is 0 Å². The lowest BCUT2D eigenvalue weighted by molar-refractivity contribution is -0.192. The fraction of sp³-hybridized carbons (Fsp3) is 0.478. The molecule has 190 valence electrons. The van der Waals surface area contributed by atoms with E-state index in [1.807, 2.05) is 18.7 Å². The lowest BCUT2D eigenvalue weighted by atomic mass is 10.00. The van der Waals surface area contributed by atoms with E-state index in [1.54, 1.807) is 11.0 Å². The molecule has 8 nitrogen and oxygen atoms in total. The van der Waals surface area contributed by atoms with Gasteiger partial charge in [-0.05, 0) is 45.1 Å². The second-order valence-electron chi connectivity index (χ2n) is 8.73. The van der Waals surface area contributed by atoms with Gasteiger partial charge >= 0.3 is 12.1 Å². The van der Waals surface area contributed by atoms with Gasteiger partial charge in [0.15, 0.2) is 0 Å². The van der Waals surface area contributed by atoms with Crippen LogP contribution in [0.4, 0.5) is 17.6 Å². The predicted molar refractivity (Wildman–Crippen MR) is 118 cm³/mol. The molecule has 0 saturated carbocycles. The van der Waals surface area contributed by atoms with E-state index in [4.69, 9.17) is 14.9 Å². The summed E-state index contributed by atoms with van der Waals surface area (Å²) in [7, 11) is 4.01. The molecule has 0 bridgehead atoms.